The van der Waals surface area contributed by atoms with Crippen molar-refractivity contribution in [2.45, 2.75) is 20.0 Å². The molecule has 1 aromatic carbocycles. The van der Waals surface area contributed by atoms with Crippen LogP contribution in [0.25, 0.3) is 0 Å². The molecular formula is C12H14ClNO4. The lowest BCUT2D eigenvalue weighted by atomic mass is 10.2. The van der Waals surface area contributed by atoms with E-state index in [1.165, 1.54) is 18.2 Å². The molecule has 0 saturated carbocycles. The third kappa shape index (κ3) is 4.35. The number of hydrogen-bond donors (Lipinski definition) is 2. The molecule has 0 aliphatic rings. The molecule has 0 aliphatic heterocycles. The fourth-order valence-electron chi connectivity index (χ4n) is 1.18. The van der Waals surface area contributed by atoms with Gasteiger partial charge in [0.15, 0.2) is 0 Å². The predicted molar refractivity (Wildman–Crippen MR) is 68.1 cm³/mol. The molecule has 0 bridgehead atoms. The molecule has 2 N–H and O–H groups in total. The van der Waals surface area contributed by atoms with Crippen molar-refractivity contribution in [3.8, 4) is 0 Å². The van der Waals surface area contributed by atoms with Crippen molar-refractivity contribution >= 4 is 29.2 Å². The van der Waals surface area contributed by atoms with E-state index in [9.17, 15) is 9.59 Å². The van der Waals surface area contributed by atoms with Gasteiger partial charge in [-0.15, -0.1) is 0 Å². The van der Waals surface area contributed by atoms with Gasteiger partial charge in [-0.25, -0.2) is 4.79 Å². The molecule has 6 heteroatoms. The number of carboxylic acids is 1. The first-order valence-corrected chi connectivity index (χ1v) is 5.72. The van der Waals surface area contributed by atoms with Crippen LogP contribution in [0.5, 0.6) is 0 Å². The van der Waals surface area contributed by atoms with Crippen LogP contribution in [-0.4, -0.2) is 29.7 Å². The van der Waals surface area contributed by atoms with Gasteiger partial charge >= 0.3 is 5.97 Å². The summed E-state index contributed by atoms with van der Waals surface area (Å²) in [4.78, 5) is 22.3. The van der Waals surface area contributed by atoms with Gasteiger partial charge in [0.25, 0.3) is 0 Å². The summed E-state index contributed by atoms with van der Waals surface area (Å²) in [7, 11) is 0. The zero-order valence-corrected chi connectivity index (χ0v) is 10.8. The smallest absolute Gasteiger partial charge is 0.335 e. The third-order valence-electron chi connectivity index (χ3n) is 2.04. The van der Waals surface area contributed by atoms with Crippen molar-refractivity contribution in [2.24, 2.45) is 0 Å². The summed E-state index contributed by atoms with van der Waals surface area (Å²) in [6, 6.07) is 4.09. The van der Waals surface area contributed by atoms with E-state index in [2.05, 4.69) is 5.32 Å². The van der Waals surface area contributed by atoms with E-state index in [1.54, 1.807) is 0 Å². The van der Waals surface area contributed by atoms with Gasteiger partial charge in [-0.3, -0.25) is 4.79 Å². The van der Waals surface area contributed by atoms with Gasteiger partial charge in [-0.1, -0.05) is 11.6 Å². The number of nitrogens with one attached hydrogen (secondary N) is 1. The molecular weight excluding hydrogens is 258 g/mol. The van der Waals surface area contributed by atoms with Gasteiger partial charge in [0.1, 0.15) is 6.61 Å². The first-order valence-electron chi connectivity index (χ1n) is 5.34. The highest BCUT2D eigenvalue weighted by Gasteiger charge is 2.10. The number of rotatable bonds is 5. The second-order valence-electron chi connectivity index (χ2n) is 3.91. The summed E-state index contributed by atoms with van der Waals surface area (Å²) in [6.07, 6.45) is -0.0587. The molecule has 18 heavy (non-hydrogen) atoms. The average Bonchev–Trinajstić information content (AvgIpc) is 2.29. The zero-order valence-electron chi connectivity index (χ0n) is 10.1. The Kier molecular flexibility index (Phi) is 5.12. The standard InChI is InChI=1S/C12H14ClNO4/c1-7(2)18-6-11(15)14-10-5-8(12(16)17)3-4-9(10)13/h3-5,7H,6H2,1-2H3,(H,14,15)(H,16,17). The molecule has 1 amide bonds. The summed E-state index contributed by atoms with van der Waals surface area (Å²) < 4.78 is 5.12. The molecule has 0 heterocycles. The first kappa shape index (κ1) is 14.5. The molecule has 98 valence electrons. The molecule has 0 unspecified atom stereocenters. The van der Waals surface area contributed by atoms with E-state index in [1.807, 2.05) is 13.8 Å². The van der Waals surface area contributed by atoms with Crippen molar-refractivity contribution in [1.82, 2.24) is 0 Å². The minimum Gasteiger partial charge on any atom is -0.478 e. The van der Waals surface area contributed by atoms with Crippen molar-refractivity contribution in [1.29, 1.82) is 0 Å². The second-order valence-corrected chi connectivity index (χ2v) is 4.31. The highest BCUT2D eigenvalue weighted by Crippen LogP contribution is 2.23. The van der Waals surface area contributed by atoms with E-state index in [0.29, 0.717) is 0 Å². The Bertz CT molecular complexity index is 459. The first-order chi connectivity index (χ1) is 8.40. The number of halogens is 1. The van der Waals surface area contributed by atoms with E-state index >= 15 is 0 Å². The number of hydrogen-bond acceptors (Lipinski definition) is 3. The Labute approximate surface area is 110 Å². The molecule has 0 atom stereocenters. The van der Waals surface area contributed by atoms with Crippen LogP contribution in [0.2, 0.25) is 5.02 Å². The SMILES string of the molecule is CC(C)OCC(=O)Nc1cc(C(=O)O)ccc1Cl. The Balaban J connectivity index is 2.74. The van der Waals surface area contributed by atoms with E-state index < -0.39 is 5.97 Å². The Morgan fingerprint density at radius 2 is 2.11 bits per heavy atom. The molecule has 0 aromatic heterocycles. The molecule has 5 nitrogen and oxygen atoms in total. The van der Waals surface area contributed by atoms with Crippen molar-refractivity contribution in [3.05, 3.63) is 28.8 Å². The van der Waals surface area contributed by atoms with Gasteiger partial charge in [-0.05, 0) is 32.0 Å². The average molecular weight is 272 g/mol. The van der Waals surface area contributed by atoms with Gasteiger partial charge in [0, 0.05) is 0 Å². The van der Waals surface area contributed by atoms with E-state index in [-0.39, 0.29) is 34.9 Å². The molecule has 0 fully saturated rings. The van der Waals surface area contributed by atoms with Crippen LogP contribution in [-0.2, 0) is 9.53 Å². The van der Waals surface area contributed by atoms with E-state index in [4.69, 9.17) is 21.4 Å². The largest absolute Gasteiger partial charge is 0.478 e. The number of amides is 1. The topological polar surface area (TPSA) is 75.6 Å². The third-order valence-corrected chi connectivity index (χ3v) is 2.36. The summed E-state index contributed by atoms with van der Waals surface area (Å²) in [5.74, 6) is -1.46. The van der Waals surface area contributed by atoms with Crippen LogP contribution in [0.15, 0.2) is 18.2 Å². The van der Waals surface area contributed by atoms with Crippen LogP contribution in [0.4, 0.5) is 5.69 Å². The van der Waals surface area contributed by atoms with E-state index in [0.717, 1.165) is 0 Å². The number of carboxylic acid groups (broad SMARTS) is 1. The lowest BCUT2D eigenvalue weighted by molar-refractivity contribution is -0.121. The number of carbonyl (C=O) groups excluding carboxylic acids is 1. The van der Waals surface area contributed by atoms with Gasteiger partial charge in [0.05, 0.1) is 22.4 Å². The highest BCUT2D eigenvalue weighted by molar-refractivity contribution is 6.33. The Morgan fingerprint density at radius 1 is 1.44 bits per heavy atom. The minimum absolute atomic E-state index is 0.0551. The predicted octanol–water partition coefficient (Wildman–Crippen LogP) is 2.40. The molecule has 0 spiro atoms. The Hall–Kier alpha value is -1.59. The number of ether oxygens (including phenoxy) is 1. The zero-order chi connectivity index (χ0) is 13.7. The summed E-state index contributed by atoms with van der Waals surface area (Å²) in [5.41, 5.74) is 0.313. The van der Waals surface area contributed by atoms with Crippen molar-refractivity contribution in [3.63, 3.8) is 0 Å². The number of carbonyl (C=O) groups is 2. The number of anilines is 1. The summed E-state index contributed by atoms with van der Waals surface area (Å²) >= 11 is 5.86. The number of benzene rings is 1. The monoisotopic (exact) mass is 271 g/mol. The molecule has 1 rings (SSSR count). The van der Waals surface area contributed by atoms with Crippen LogP contribution in [0, 0.1) is 0 Å². The molecule has 0 aliphatic carbocycles. The fourth-order valence-corrected chi connectivity index (χ4v) is 1.35. The lowest BCUT2D eigenvalue weighted by Gasteiger charge is -2.10. The Morgan fingerprint density at radius 3 is 2.67 bits per heavy atom. The van der Waals surface area contributed by atoms with Gasteiger partial charge in [-0.2, -0.15) is 0 Å². The summed E-state index contributed by atoms with van der Waals surface area (Å²) in [5, 5.41) is 11.6. The fraction of sp³-hybridized carbons (Fsp3) is 0.333. The van der Waals surface area contributed by atoms with Crippen LogP contribution >= 0.6 is 11.6 Å². The quantitative estimate of drug-likeness (QED) is 0.862. The second kappa shape index (κ2) is 6.37. The molecule has 1 aromatic rings. The number of aromatic carboxylic acids is 1. The van der Waals surface area contributed by atoms with Crippen molar-refractivity contribution < 1.29 is 19.4 Å². The maximum absolute atomic E-state index is 11.5. The van der Waals surface area contributed by atoms with Crippen LogP contribution < -0.4 is 5.32 Å². The lowest BCUT2D eigenvalue weighted by Crippen LogP contribution is -2.21. The molecule has 0 saturated heterocycles. The van der Waals surface area contributed by atoms with Crippen LogP contribution in [0.3, 0.4) is 0 Å². The normalized spacial score (nSPS) is 10.4. The highest BCUT2D eigenvalue weighted by atomic mass is 35.5. The van der Waals surface area contributed by atoms with Crippen LogP contribution in [0.1, 0.15) is 24.2 Å². The maximum Gasteiger partial charge on any atom is 0.335 e. The molecule has 0 radical (unpaired) electrons. The summed E-state index contributed by atoms with van der Waals surface area (Å²) in [6.45, 7) is 3.52. The van der Waals surface area contributed by atoms with Gasteiger partial charge in [0.2, 0.25) is 5.91 Å². The minimum atomic E-state index is -1.08. The van der Waals surface area contributed by atoms with Crippen molar-refractivity contribution in [2.75, 3.05) is 11.9 Å². The maximum atomic E-state index is 11.5. The van der Waals surface area contributed by atoms with Gasteiger partial charge < -0.3 is 15.2 Å².